The smallest absolute Gasteiger partial charge is 0.308 e. The molecule has 6 aromatic rings. The number of carbonyl (C=O) groups excluding carboxylic acids is 1. The fourth-order valence-electron chi connectivity index (χ4n) is 7.80. The first kappa shape index (κ1) is 22.2. The summed E-state index contributed by atoms with van der Waals surface area (Å²) in [5.41, 5.74) is 11.8. The van der Waals surface area contributed by atoms with Gasteiger partial charge in [-0.15, -0.1) is 0 Å². The maximum absolute atomic E-state index is 12.1. The van der Waals surface area contributed by atoms with Crippen LogP contribution in [0.1, 0.15) is 40.3 Å². The van der Waals surface area contributed by atoms with Gasteiger partial charge in [-0.1, -0.05) is 109 Å². The number of fused-ring (bicyclic) bond motifs is 10. The number of hydrogen-bond acceptors (Lipinski definition) is 2. The minimum absolute atomic E-state index is 0.324. The summed E-state index contributed by atoms with van der Waals surface area (Å²) in [6.45, 7) is 1.46. The lowest BCUT2D eigenvalue weighted by molar-refractivity contribution is -0.131. The molecule has 188 valence electrons. The molecule has 1 spiro atoms. The molecule has 0 saturated carbocycles. The van der Waals surface area contributed by atoms with E-state index >= 15 is 0 Å². The van der Waals surface area contributed by atoms with Gasteiger partial charge in [0.25, 0.3) is 0 Å². The van der Waals surface area contributed by atoms with Gasteiger partial charge in [0.2, 0.25) is 0 Å². The van der Waals surface area contributed by atoms with Crippen LogP contribution in [-0.4, -0.2) is 5.97 Å². The fraction of sp³-hybridized carbons (Fsp3) is 0.0541. The second-order valence-corrected chi connectivity index (χ2v) is 11.3. The Balaban J connectivity index is 1.56. The lowest BCUT2D eigenvalue weighted by atomic mass is 9.60. The number of ether oxygens (including phenoxy) is 1. The maximum Gasteiger partial charge on any atom is 0.308 e. The zero-order chi connectivity index (χ0) is 26.7. The molecule has 0 aliphatic heterocycles. The van der Waals surface area contributed by atoms with Gasteiger partial charge in [-0.25, -0.2) is 0 Å². The summed E-state index contributed by atoms with van der Waals surface area (Å²) < 4.78 is 5.77. The Morgan fingerprint density at radius 2 is 1.23 bits per heavy atom. The summed E-state index contributed by atoms with van der Waals surface area (Å²) in [5, 5.41) is 5.10. The Kier molecular flexibility index (Phi) is 4.16. The number of rotatable bonds is 1. The van der Waals surface area contributed by atoms with E-state index in [0.29, 0.717) is 5.75 Å². The SMILES string of the molecule is CC(=O)Oc1ccc2c3c(cccc13)C1=C(c3cccc4c(Cl)ccc1c34)C21c2ccccc2-c2ccccc21. The molecular weight excluding hydrogens is 512 g/mol. The summed E-state index contributed by atoms with van der Waals surface area (Å²) >= 11 is 6.81. The molecule has 0 atom stereocenters. The van der Waals surface area contributed by atoms with Gasteiger partial charge in [0.05, 0.1) is 5.41 Å². The minimum atomic E-state index is -0.552. The van der Waals surface area contributed by atoms with E-state index in [1.807, 2.05) is 12.1 Å². The first-order valence-corrected chi connectivity index (χ1v) is 13.9. The molecule has 0 saturated heterocycles. The molecule has 9 rings (SSSR count). The van der Waals surface area contributed by atoms with Gasteiger partial charge >= 0.3 is 5.97 Å². The van der Waals surface area contributed by atoms with Crippen molar-refractivity contribution in [3.63, 3.8) is 0 Å². The zero-order valence-corrected chi connectivity index (χ0v) is 22.3. The monoisotopic (exact) mass is 532 g/mol. The molecule has 6 aromatic carbocycles. The van der Waals surface area contributed by atoms with Crippen molar-refractivity contribution in [1.29, 1.82) is 0 Å². The summed E-state index contributed by atoms with van der Waals surface area (Å²) in [7, 11) is 0. The van der Waals surface area contributed by atoms with Gasteiger partial charge in [0.1, 0.15) is 5.75 Å². The van der Waals surface area contributed by atoms with Gasteiger partial charge in [-0.3, -0.25) is 4.79 Å². The molecule has 40 heavy (non-hydrogen) atoms. The molecule has 0 unspecified atom stereocenters. The Morgan fingerprint density at radius 1 is 0.600 bits per heavy atom. The molecule has 3 aliphatic rings. The van der Waals surface area contributed by atoms with Crippen LogP contribution in [-0.2, 0) is 10.2 Å². The van der Waals surface area contributed by atoms with Crippen LogP contribution in [0.5, 0.6) is 5.75 Å². The normalized spacial score (nSPS) is 14.9. The van der Waals surface area contributed by atoms with E-state index in [1.54, 1.807) is 0 Å². The van der Waals surface area contributed by atoms with Crippen molar-refractivity contribution in [3.8, 4) is 16.9 Å². The first-order chi connectivity index (χ1) is 19.6. The second kappa shape index (κ2) is 7.50. The molecule has 0 N–H and O–H groups in total. The third kappa shape index (κ3) is 2.45. The number of benzene rings is 6. The summed E-state index contributed by atoms with van der Waals surface area (Å²) in [6.07, 6.45) is 0. The van der Waals surface area contributed by atoms with E-state index in [0.717, 1.165) is 26.7 Å². The van der Waals surface area contributed by atoms with Crippen LogP contribution in [0.25, 0.3) is 43.8 Å². The van der Waals surface area contributed by atoms with Gasteiger partial charge < -0.3 is 4.74 Å². The van der Waals surface area contributed by atoms with E-state index in [2.05, 4.69) is 97.1 Å². The zero-order valence-electron chi connectivity index (χ0n) is 21.6. The quantitative estimate of drug-likeness (QED) is 0.156. The van der Waals surface area contributed by atoms with Gasteiger partial charge in [0, 0.05) is 22.7 Å². The van der Waals surface area contributed by atoms with Gasteiger partial charge in [0.15, 0.2) is 0 Å². The highest BCUT2D eigenvalue weighted by atomic mass is 35.5. The standard InChI is InChI=1S/C37H21ClO2/c1-20(39)40-32-19-17-30-34-24(32)11-7-12-25(34)35-26-16-18-31(38)23-10-6-13-27(33(23)26)36(35)37(30)28-14-4-2-8-21(28)22-9-3-5-15-29(22)37/h2-19H,1H3. The molecular formula is C37H21ClO2. The maximum atomic E-state index is 12.1. The van der Waals surface area contributed by atoms with E-state index in [1.165, 1.54) is 62.4 Å². The number of halogens is 1. The van der Waals surface area contributed by atoms with Crippen LogP contribution in [0.2, 0.25) is 5.02 Å². The van der Waals surface area contributed by atoms with Crippen molar-refractivity contribution < 1.29 is 9.53 Å². The fourth-order valence-corrected chi connectivity index (χ4v) is 8.02. The number of hydrogen-bond donors (Lipinski definition) is 0. The third-order valence-corrected chi connectivity index (χ3v) is 9.36. The Hall–Kier alpha value is -4.66. The minimum Gasteiger partial charge on any atom is -0.426 e. The van der Waals surface area contributed by atoms with E-state index in [4.69, 9.17) is 16.3 Å². The van der Waals surface area contributed by atoms with Crippen LogP contribution < -0.4 is 4.74 Å². The van der Waals surface area contributed by atoms with Crippen LogP contribution in [0.3, 0.4) is 0 Å². The van der Waals surface area contributed by atoms with Crippen molar-refractivity contribution in [2.75, 3.05) is 0 Å². The van der Waals surface area contributed by atoms with E-state index in [-0.39, 0.29) is 5.97 Å². The highest BCUT2D eigenvalue weighted by Crippen LogP contribution is 2.67. The summed E-state index contributed by atoms with van der Waals surface area (Å²) in [4.78, 5) is 12.1. The largest absolute Gasteiger partial charge is 0.426 e. The predicted octanol–water partition coefficient (Wildman–Crippen LogP) is 9.17. The molecule has 3 aliphatic carbocycles. The summed E-state index contributed by atoms with van der Waals surface area (Å²) in [5.74, 6) is 0.263. The second-order valence-electron chi connectivity index (χ2n) is 10.8. The predicted molar refractivity (Wildman–Crippen MR) is 162 cm³/mol. The molecule has 0 heterocycles. The van der Waals surface area contributed by atoms with Crippen molar-refractivity contribution in [1.82, 2.24) is 0 Å². The average molecular weight is 533 g/mol. The first-order valence-electron chi connectivity index (χ1n) is 13.5. The van der Waals surface area contributed by atoms with E-state index < -0.39 is 5.41 Å². The topological polar surface area (TPSA) is 26.3 Å². The van der Waals surface area contributed by atoms with Crippen molar-refractivity contribution in [2.45, 2.75) is 12.3 Å². The highest BCUT2D eigenvalue weighted by molar-refractivity contribution is 6.38. The molecule has 0 amide bonds. The van der Waals surface area contributed by atoms with Crippen molar-refractivity contribution in [3.05, 3.63) is 148 Å². The number of esters is 1. The lowest BCUT2D eigenvalue weighted by Gasteiger charge is -2.40. The molecule has 3 heteroatoms. The highest BCUT2D eigenvalue weighted by Gasteiger charge is 2.53. The van der Waals surface area contributed by atoms with Gasteiger partial charge in [-0.2, -0.15) is 0 Å². The Bertz CT molecular complexity index is 2140. The number of carbonyl (C=O) groups is 1. The molecule has 0 fully saturated rings. The summed E-state index contributed by atoms with van der Waals surface area (Å²) in [6, 6.07) is 38.8. The average Bonchev–Trinajstić information content (AvgIpc) is 3.47. The Labute approximate surface area is 236 Å². The van der Waals surface area contributed by atoms with Crippen molar-refractivity contribution >= 4 is 50.3 Å². The molecule has 0 bridgehead atoms. The third-order valence-electron chi connectivity index (χ3n) is 9.03. The number of allylic oxidation sites excluding steroid dienone is 1. The van der Waals surface area contributed by atoms with Crippen LogP contribution in [0.4, 0.5) is 0 Å². The molecule has 0 aromatic heterocycles. The van der Waals surface area contributed by atoms with Crippen LogP contribution in [0, 0.1) is 0 Å². The molecule has 0 radical (unpaired) electrons. The van der Waals surface area contributed by atoms with Crippen LogP contribution >= 0.6 is 11.6 Å². The van der Waals surface area contributed by atoms with Crippen molar-refractivity contribution in [2.24, 2.45) is 0 Å². The van der Waals surface area contributed by atoms with E-state index in [9.17, 15) is 4.79 Å². The van der Waals surface area contributed by atoms with Crippen LogP contribution in [0.15, 0.2) is 109 Å². The molecule has 2 nitrogen and oxygen atoms in total. The van der Waals surface area contributed by atoms with Gasteiger partial charge in [-0.05, 0) is 78.6 Å². The Morgan fingerprint density at radius 3 is 1.95 bits per heavy atom. The lowest BCUT2D eigenvalue weighted by Crippen LogP contribution is -2.31.